The second-order valence-electron chi connectivity index (χ2n) is 4.79. The Morgan fingerprint density at radius 1 is 1.38 bits per heavy atom. The minimum atomic E-state index is -0.892. The first-order chi connectivity index (χ1) is 10.0. The van der Waals surface area contributed by atoms with Gasteiger partial charge in [0.05, 0.1) is 7.11 Å². The number of amides is 1. The molecule has 1 aromatic heterocycles. The van der Waals surface area contributed by atoms with E-state index in [0.717, 1.165) is 22.2 Å². The van der Waals surface area contributed by atoms with Crippen molar-refractivity contribution < 1.29 is 19.4 Å². The van der Waals surface area contributed by atoms with Gasteiger partial charge in [0.2, 0.25) is 5.91 Å². The van der Waals surface area contributed by atoms with Crippen LogP contribution in [0.5, 0.6) is 5.75 Å². The number of carbonyl (C=O) groups is 2. The Labute approximate surface area is 122 Å². The fourth-order valence-electron chi connectivity index (χ4n) is 2.33. The third kappa shape index (κ3) is 3.53. The first-order valence-corrected chi connectivity index (χ1v) is 6.63. The summed E-state index contributed by atoms with van der Waals surface area (Å²) in [7, 11) is 1.59. The molecular formula is C15H18N2O4. The minimum absolute atomic E-state index is 0.0816. The molecule has 1 heterocycles. The molecule has 0 aliphatic carbocycles. The summed E-state index contributed by atoms with van der Waals surface area (Å²) in [5, 5.41) is 12.7. The second-order valence-corrected chi connectivity index (χ2v) is 4.79. The van der Waals surface area contributed by atoms with E-state index < -0.39 is 5.97 Å². The molecule has 0 aliphatic heterocycles. The van der Waals surface area contributed by atoms with E-state index >= 15 is 0 Å². The first kappa shape index (κ1) is 14.9. The van der Waals surface area contributed by atoms with E-state index in [1.807, 2.05) is 18.3 Å². The van der Waals surface area contributed by atoms with Crippen LogP contribution in [0.1, 0.15) is 12.5 Å². The van der Waals surface area contributed by atoms with E-state index in [1.54, 1.807) is 17.7 Å². The lowest BCUT2D eigenvalue weighted by Crippen LogP contribution is -2.22. The zero-order chi connectivity index (χ0) is 15.4. The fraction of sp³-hybridized carbons (Fsp3) is 0.333. The molecular weight excluding hydrogens is 272 g/mol. The van der Waals surface area contributed by atoms with Gasteiger partial charge in [-0.05, 0) is 30.2 Å². The number of carboxylic acids is 1. The lowest BCUT2D eigenvalue weighted by Gasteiger charge is -2.03. The van der Waals surface area contributed by atoms with Crippen molar-refractivity contribution in [1.29, 1.82) is 0 Å². The van der Waals surface area contributed by atoms with Crippen molar-refractivity contribution >= 4 is 22.8 Å². The van der Waals surface area contributed by atoms with Gasteiger partial charge < -0.3 is 19.7 Å². The standard InChI is InChI=1S/C15H18N2O4/c1-10(18)16-6-5-11-8-17(9-15(19)20)14-4-3-12(21-2)7-13(11)14/h3-4,7-8H,5-6,9H2,1-2H3,(H,16,18)(H,19,20). The molecule has 2 aromatic rings. The molecule has 0 bridgehead atoms. The number of aromatic nitrogens is 1. The topological polar surface area (TPSA) is 80.6 Å². The molecule has 0 saturated heterocycles. The largest absolute Gasteiger partial charge is 0.497 e. The normalized spacial score (nSPS) is 10.6. The van der Waals surface area contributed by atoms with Gasteiger partial charge >= 0.3 is 5.97 Å². The summed E-state index contributed by atoms with van der Waals surface area (Å²) < 4.78 is 6.91. The van der Waals surface area contributed by atoms with Crippen molar-refractivity contribution in [3.05, 3.63) is 30.0 Å². The van der Waals surface area contributed by atoms with Gasteiger partial charge in [-0.3, -0.25) is 9.59 Å². The van der Waals surface area contributed by atoms with Crippen molar-refractivity contribution in [2.75, 3.05) is 13.7 Å². The number of rotatable bonds is 6. The van der Waals surface area contributed by atoms with E-state index in [9.17, 15) is 9.59 Å². The number of benzene rings is 1. The molecule has 21 heavy (non-hydrogen) atoms. The van der Waals surface area contributed by atoms with Crippen molar-refractivity contribution in [1.82, 2.24) is 9.88 Å². The van der Waals surface area contributed by atoms with Gasteiger partial charge in [-0.25, -0.2) is 0 Å². The Hall–Kier alpha value is -2.50. The third-order valence-electron chi connectivity index (χ3n) is 3.24. The number of aliphatic carboxylic acids is 1. The van der Waals surface area contributed by atoms with E-state index in [2.05, 4.69) is 5.32 Å². The summed E-state index contributed by atoms with van der Waals surface area (Å²) in [6, 6.07) is 5.54. The van der Waals surface area contributed by atoms with Gasteiger partial charge in [-0.2, -0.15) is 0 Å². The quantitative estimate of drug-likeness (QED) is 0.843. The lowest BCUT2D eigenvalue weighted by molar-refractivity contribution is -0.137. The van der Waals surface area contributed by atoms with Gasteiger partial charge in [0.25, 0.3) is 0 Å². The van der Waals surface area contributed by atoms with Gasteiger partial charge in [0.1, 0.15) is 12.3 Å². The number of fused-ring (bicyclic) bond motifs is 1. The number of ether oxygens (including phenoxy) is 1. The van der Waals surface area contributed by atoms with Gasteiger partial charge in [-0.15, -0.1) is 0 Å². The Balaban J connectivity index is 2.36. The average Bonchev–Trinajstić information content (AvgIpc) is 2.75. The van der Waals surface area contributed by atoms with Crippen molar-refractivity contribution in [3.8, 4) is 5.75 Å². The van der Waals surface area contributed by atoms with Crippen LogP contribution >= 0.6 is 0 Å². The second kappa shape index (κ2) is 6.30. The highest BCUT2D eigenvalue weighted by atomic mass is 16.5. The first-order valence-electron chi connectivity index (χ1n) is 6.63. The van der Waals surface area contributed by atoms with Crippen LogP contribution in [0.15, 0.2) is 24.4 Å². The maximum atomic E-state index is 10.9. The highest BCUT2D eigenvalue weighted by molar-refractivity contribution is 5.86. The molecule has 0 spiro atoms. The summed E-state index contributed by atoms with van der Waals surface area (Å²) in [5.74, 6) is -0.255. The monoisotopic (exact) mass is 290 g/mol. The van der Waals surface area contributed by atoms with Crippen LogP contribution in [-0.2, 0) is 22.6 Å². The zero-order valence-electron chi connectivity index (χ0n) is 12.0. The van der Waals surface area contributed by atoms with Crippen LogP contribution in [0.2, 0.25) is 0 Å². The lowest BCUT2D eigenvalue weighted by atomic mass is 10.1. The minimum Gasteiger partial charge on any atom is -0.497 e. The van der Waals surface area contributed by atoms with E-state index in [0.29, 0.717) is 13.0 Å². The maximum Gasteiger partial charge on any atom is 0.323 e. The third-order valence-corrected chi connectivity index (χ3v) is 3.24. The molecule has 1 aromatic carbocycles. The summed E-state index contributed by atoms with van der Waals surface area (Å²) in [6.45, 7) is 1.89. The number of hydrogen-bond donors (Lipinski definition) is 2. The summed E-state index contributed by atoms with van der Waals surface area (Å²) in [6.07, 6.45) is 2.45. The molecule has 0 radical (unpaired) electrons. The number of nitrogens with zero attached hydrogens (tertiary/aromatic N) is 1. The number of methoxy groups -OCH3 is 1. The number of hydrogen-bond acceptors (Lipinski definition) is 3. The molecule has 0 unspecified atom stereocenters. The molecule has 2 N–H and O–H groups in total. The SMILES string of the molecule is COc1ccc2c(c1)c(CCNC(C)=O)cn2CC(=O)O. The van der Waals surface area contributed by atoms with E-state index in [-0.39, 0.29) is 12.5 Å². The Kier molecular flexibility index (Phi) is 4.47. The van der Waals surface area contributed by atoms with Crippen LogP contribution < -0.4 is 10.1 Å². The molecule has 112 valence electrons. The van der Waals surface area contributed by atoms with Gasteiger partial charge in [0, 0.05) is 30.6 Å². The summed E-state index contributed by atoms with van der Waals surface area (Å²) >= 11 is 0. The van der Waals surface area contributed by atoms with Crippen LogP contribution in [0, 0.1) is 0 Å². The van der Waals surface area contributed by atoms with Gasteiger partial charge in [0.15, 0.2) is 0 Å². The Morgan fingerprint density at radius 2 is 2.14 bits per heavy atom. The number of nitrogens with one attached hydrogen (secondary N) is 1. The van der Waals surface area contributed by atoms with Crippen LogP contribution in [0.25, 0.3) is 10.9 Å². The smallest absolute Gasteiger partial charge is 0.323 e. The molecule has 0 atom stereocenters. The molecule has 1 amide bonds. The van der Waals surface area contributed by atoms with Crippen molar-refractivity contribution in [3.63, 3.8) is 0 Å². The molecule has 0 aliphatic rings. The van der Waals surface area contributed by atoms with Crippen molar-refractivity contribution in [2.24, 2.45) is 0 Å². The highest BCUT2D eigenvalue weighted by Gasteiger charge is 2.11. The van der Waals surface area contributed by atoms with Gasteiger partial charge in [-0.1, -0.05) is 0 Å². The molecule has 6 nitrogen and oxygen atoms in total. The predicted molar refractivity (Wildman–Crippen MR) is 78.5 cm³/mol. The van der Waals surface area contributed by atoms with E-state index in [4.69, 9.17) is 9.84 Å². The Morgan fingerprint density at radius 3 is 2.76 bits per heavy atom. The molecule has 2 rings (SSSR count). The summed E-state index contributed by atoms with van der Waals surface area (Å²) in [5.41, 5.74) is 1.83. The number of carboxylic acid groups (broad SMARTS) is 1. The van der Waals surface area contributed by atoms with Crippen LogP contribution in [0.4, 0.5) is 0 Å². The fourth-order valence-corrected chi connectivity index (χ4v) is 2.33. The predicted octanol–water partition coefficient (Wildman–Crippen LogP) is 1.41. The number of carbonyl (C=O) groups excluding carboxylic acids is 1. The molecule has 6 heteroatoms. The highest BCUT2D eigenvalue weighted by Crippen LogP contribution is 2.26. The molecule has 0 saturated carbocycles. The maximum absolute atomic E-state index is 10.9. The van der Waals surface area contributed by atoms with E-state index in [1.165, 1.54) is 6.92 Å². The van der Waals surface area contributed by atoms with Crippen molar-refractivity contribution in [2.45, 2.75) is 19.9 Å². The average molecular weight is 290 g/mol. The zero-order valence-corrected chi connectivity index (χ0v) is 12.0. The van der Waals surface area contributed by atoms with Crippen LogP contribution in [-0.4, -0.2) is 35.2 Å². The molecule has 0 fully saturated rings. The van der Waals surface area contributed by atoms with Crippen LogP contribution in [0.3, 0.4) is 0 Å². The summed E-state index contributed by atoms with van der Waals surface area (Å²) in [4.78, 5) is 21.9. The Bertz CT molecular complexity index is 676.